The fourth-order valence-electron chi connectivity index (χ4n) is 1.95. The van der Waals surface area contributed by atoms with Gasteiger partial charge in [-0.3, -0.25) is 4.79 Å². The van der Waals surface area contributed by atoms with Crippen LogP contribution in [0.2, 0.25) is 0 Å². The molecule has 2 atom stereocenters. The number of allylic oxidation sites excluding steroid dienone is 2. The van der Waals surface area contributed by atoms with Gasteiger partial charge in [0.25, 0.3) is 0 Å². The molecule has 0 radical (unpaired) electrons. The van der Waals surface area contributed by atoms with E-state index >= 15 is 0 Å². The fourth-order valence-corrected chi connectivity index (χ4v) is 1.95. The molecule has 1 rings (SSSR count). The first-order valence-electron chi connectivity index (χ1n) is 4.89. The zero-order valence-electron chi connectivity index (χ0n) is 8.05. The van der Waals surface area contributed by atoms with Crippen LogP contribution in [0.3, 0.4) is 0 Å². The van der Waals surface area contributed by atoms with Gasteiger partial charge < -0.3 is 0 Å². The molecule has 1 saturated carbocycles. The van der Waals surface area contributed by atoms with Crippen LogP contribution in [0.1, 0.15) is 39.5 Å². The predicted octanol–water partition coefficient (Wildman–Crippen LogP) is 2.96. The average Bonchev–Trinajstić information content (AvgIpc) is 2.04. The van der Waals surface area contributed by atoms with Crippen molar-refractivity contribution >= 4 is 5.78 Å². The molecule has 1 aliphatic carbocycles. The van der Waals surface area contributed by atoms with Crippen molar-refractivity contribution in [3.05, 3.63) is 12.2 Å². The third kappa shape index (κ3) is 2.20. The number of hydrogen-bond acceptors (Lipinski definition) is 1. The van der Waals surface area contributed by atoms with E-state index in [-0.39, 0.29) is 0 Å². The average molecular weight is 166 g/mol. The molecule has 0 aromatic rings. The Labute approximate surface area is 74.9 Å². The summed E-state index contributed by atoms with van der Waals surface area (Å²) in [5.74, 6) is 1.39. The SMILES string of the molecule is CC=CCC1C(=O)CCCC1C. The lowest BCUT2D eigenvalue weighted by Crippen LogP contribution is -2.25. The van der Waals surface area contributed by atoms with Gasteiger partial charge in [0.15, 0.2) is 0 Å². The smallest absolute Gasteiger partial charge is 0.136 e. The molecule has 1 aliphatic rings. The fraction of sp³-hybridized carbons (Fsp3) is 0.727. The van der Waals surface area contributed by atoms with E-state index in [4.69, 9.17) is 0 Å². The quantitative estimate of drug-likeness (QED) is 0.576. The topological polar surface area (TPSA) is 17.1 Å². The molecule has 0 bridgehead atoms. The molecule has 0 aromatic heterocycles. The summed E-state index contributed by atoms with van der Waals surface area (Å²) >= 11 is 0. The van der Waals surface area contributed by atoms with Gasteiger partial charge in [-0.15, -0.1) is 0 Å². The first-order valence-corrected chi connectivity index (χ1v) is 4.89. The van der Waals surface area contributed by atoms with Gasteiger partial charge in [0, 0.05) is 12.3 Å². The molecule has 0 heterocycles. The highest BCUT2D eigenvalue weighted by atomic mass is 16.1. The van der Waals surface area contributed by atoms with E-state index in [1.54, 1.807) is 0 Å². The Morgan fingerprint density at radius 1 is 1.58 bits per heavy atom. The van der Waals surface area contributed by atoms with Crippen molar-refractivity contribution in [1.29, 1.82) is 0 Å². The molecule has 0 spiro atoms. The lowest BCUT2D eigenvalue weighted by Gasteiger charge is -2.26. The van der Waals surface area contributed by atoms with Crippen LogP contribution in [0.4, 0.5) is 0 Å². The molecule has 2 unspecified atom stereocenters. The van der Waals surface area contributed by atoms with Crippen molar-refractivity contribution < 1.29 is 4.79 Å². The molecule has 0 N–H and O–H groups in total. The van der Waals surface area contributed by atoms with Crippen molar-refractivity contribution in [3.63, 3.8) is 0 Å². The second-order valence-electron chi connectivity index (χ2n) is 3.75. The number of Topliss-reactive ketones (excluding diaryl/α,β-unsaturated/α-hetero) is 1. The number of carbonyl (C=O) groups is 1. The minimum atomic E-state index is 0.315. The summed E-state index contributed by atoms with van der Waals surface area (Å²) in [6, 6.07) is 0. The van der Waals surface area contributed by atoms with E-state index in [0.717, 1.165) is 19.3 Å². The second-order valence-corrected chi connectivity index (χ2v) is 3.75. The van der Waals surface area contributed by atoms with E-state index in [9.17, 15) is 4.79 Å². The zero-order valence-corrected chi connectivity index (χ0v) is 8.05. The van der Waals surface area contributed by atoms with Gasteiger partial charge in [0.1, 0.15) is 5.78 Å². The van der Waals surface area contributed by atoms with Crippen molar-refractivity contribution in [3.8, 4) is 0 Å². The molecule has 0 aliphatic heterocycles. The summed E-state index contributed by atoms with van der Waals surface area (Å²) in [6.45, 7) is 4.21. The molecule has 0 amide bonds. The second kappa shape index (κ2) is 4.44. The highest BCUT2D eigenvalue weighted by Crippen LogP contribution is 2.29. The lowest BCUT2D eigenvalue weighted by molar-refractivity contribution is -0.126. The minimum absolute atomic E-state index is 0.315. The lowest BCUT2D eigenvalue weighted by atomic mass is 9.78. The predicted molar refractivity (Wildman–Crippen MR) is 50.9 cm³/mol. The summed E-state index contributed by atoms with van der Waals surface area (Å²) in [6.07, 6.45) is 8.25. The van der Waals surface area contributed by atoms with Gasteiger partial charge in [-0.05, 0) is 32.1 Å². The molecular formula is C11H18O. The number of ketones is 1. The molecule has 1 heteroatoms. The van der Waals surface area contributed by atoms with Crippen molar-refractivity contribution in [2.75, 3.05) is 0 Å². The van der Waals surface area contributed by atoms with Crippen molar-refractivity contribution in [1.82, 2.24) is 0 Å². The highest BCUT2D eigenvalue weighted by Gasteiger charge is 2.27. The molecular weight excluding hydrogens is 148 g/mol. The summed E-state index contributed by atoms with van der Waals surface area (Å²) in [5.41, 5.74) is 0. The van der Waals surface area contributed by atoms with Crippen molar-refractivity contribution in [2.45, 2.75) is 39.5 Å². The van der Waals surface area contributed by atoms with Gasteiger partial charge in [-0.2, -0.15) is 0 Å². The third-order valence-corrected chi connectivity index (χ3v) is 2.81. The maximum Gasteiger partial charge on any atom is 0.136 e. The Morgan fingerprint density at radius 3 is 2.92 bits per heavy atom. The highest BCUT2D eigenvalue weighted by molar-refractivity contribution is 5.82. The Kier molecular flexibility index (Phi) is 3.51. The first-order chi connectivity index (χ1) is 5.75. The van der Waals surface area contributed by atoms with Gasteiger partial charge in [-0.25, -0.2) is 0 Å². The Bertz CT molecular complexity index is 181. The van der Waals surface area contributed by atoms with E-state index in [1.807, 2.05) is 13.0 Å². The molecule has 68 valence electrons. The summed E-state index contributed by atoms with van der Waals surface area (Å²) in [7, 11) is 0. The van der Waals surface area contributed by atoms with E-state index in [1.165, 1.54) is 6.42 Å². The van der Waals surface area contributed by atoms with Crippen LogP contribution >= 0.6 is 0 Å². The number of hydrogen-bond donors (Lipinski definition) is 0. The van der Waals surface area contributed by atoms with Crippen molar-refractivity contribution in [2.24, 2.45) is 11.8 Å². The molecule has 0 aromatic carbocycles. The van der Waals surface area contributed by atoms with Crippen LogP contribution in [0.15, 0.2) is 12.2 Å². The molecule has 1 fully saturated rings. The molecule has 1 nitrogen and oxygen atoms in total. The van der Waals surface area contributed by atoms with Crippen LogP contribution in [0.5, 0.6) is 0 Å². The summed E-state index contributed by atoms with van der Waals surface area (Å²) in [5, 5.41) is 0. The van der Waals surface area contributed by atoms with Gasteiger partial charge in [0.2, 0.25) is 0 Å². The summed E-state index contributed by atoms with van der Waals surface area (Å²) in [4.78, 5) is 11.5. The van der Waals surface area contributed by atoms with E-state index < -0.39 is 0 Å². The Hall–Kier alpha value is -0.590. The van der Waals surface area contributed by atoms with Crippen LogP contribution < -0.4 is 0 Å². The monoisotopic (exact) mass is 166 g/mol. The molecule has 12 heavy (non-hydrogen) atoms. The maximum absolute atomic E-state index is 11.5. The Morgan fingerprint density at radius 2 is 2.33 bits per heavy atom. The number of carbonyl (C=O) groups excluding carboxylic acids is 1. The van der Waals surface area contributed by atoms with Crippen LogP contribution in [0.25, 0.3) is 0 Å². The van der Waals surface area contributed by atoms with Crippen LogP contribution in [-0.4, -0.2) is 5.78 Å². The standard InChI is InChI=1S/C11H18O/c1-3-4-7-10-9(2)6-5-8-11(10)12/h3-4,9-10H,5-8H2,1-2H3. The molecule has 0 saturated heterocycles. The van der Waals surface area contributed by atoms with Gasteiger partial charge >= 0.3 is 0 Å². The van der Waals surface area contributed by atoms with Gasteiger partial charge in [0.05, 0.1) is 0 Å². The van der Waals surface area contributed by atoms with Crippen LogP contribution in [-0.2, 0) is 4.79 Å². The maximum atomic E-state index is 11.5. The minimum Gasteiger partial charge on any atom is -0.299 e. The first kappa shape index (κ1) is 9.50. The Balaban J connectivity index is 2.51. The van der Waals surface area contributed by atoms with Gasteiger partial charge in [-0.1, -0.05) is 19.1 Å². The van der Waals surface area contributed by atoms with Crippen LogP contribution in [0, 0.1) is 11.8 Å². The van der Waals surface area contributed by atoms with E-state index in [2.05, 4.69) is 13.0 Å². The normalized spacial score (nSPS) is 31.3. The largest absolute Gasteiger partial charge is 0.299 e. The zero-order chi connectivity index (χ0) is 8.97. The number of rotatable bonds is 2. The van der Waals surface area contributed by atoms with E-state index in [0.29, 0.717) is 17.6 Å². The third-order valence-electron chi connectivity index (χ3n) is 2.81. The summed E-state index contributed by atoms with van der Waals surface area (Å²) < 4.78 is 0.